The van der Waals surface area contributed by atoms with Gasteiger partial charge in [-0.05, 0) is 18.6 Å². The molecule has 5 heteroatoms. The zero-order chi connectivity index (χ0) is 12.7. The van der Waals surface area contributed by atoms with E-state index in [4.69, 9.17) is 10.2 Å². The number of carboxylic acid groups (broad SMARTS) is 1. The van der Waals surface area contributed by atoms with E-state index in [1.807, 2.05) is 4.90 Å². The summed E-state index contributed by atoms with van der Waals surface area (Å²) in [4.78, 5) is 16.7. The Hall–Kier alpha value is -1.62. The highest BCUT2D eigenvalue weighted by Gasteiger charge is 2.08. The summed E-state index contributed by atoms with van der Waals surface area (Å²) in [7, 11) is 0. The molecule has 0 fully saturated rings. The number of aromatic carboxylic acids is 1. The van der Waals surface area contributed by atoms with Gasteiger partial charge in [-0.15, -0.1) is 0 Å². The maximum Gasteiger partial charge on any atom is 0.337 e. The molecule has 1 rings (SSSR count). The molecule has 1 heterocycles. The molecule has 1 aromatic heterocycles. The molecule has 0 aliphatic rings. The molecule has 17 heavy (non-hydrogen) atoms. The van der Waals surface area contributed by atoms with Crippen molar-refractivity contribution in [3.63, 3.8) is 0 Å². The number of aliphatic hydroxyl groups excluding tert-OH is 1. The lowest BCUT2D eigenvalue weighted by molar-refractivity contribution is 0.0696. The number of carboxylic acids is 1. The first-order valence-electron chi connectivity index (χ1n) is 5.74. The maximum atomic E-state index is 10.7. The van der Waals surface area contributed by atoms with Crippen LogP contribution in [-0.2, 0) is 0 Å². The molecule has 0 saturated heterocycles. The second-order valence-electron chi connectivity index (χ2n) is 3.77. The molecule has 0 radical (unpaired) electrons. The number of rotatable bonds is 7. The summed E-state index contributed by atoms with van der Waals surface area (Å²) in [6.45, 7) is 3.49. The van der Waals surface area contributed by atoms with Crippen molar-refractivity contribution >= 4 is 11.8 Å². The predicted octanol–water partition coefficient (Wildman–Crippen LogP) is 1.38. The lowest BCUT2D eigenvalue weighted by Crippen LogP contribution is -2.28. The van der Waals surface area contributed by atoms with Gasteiger partial charge >= 0.3 is 5.97 Å². The SMILES string of the molecule is CCCCN(CCO)c1ccc(C(=O)O)cn1. The Balaban J connectivity index is 2.75. The standard InChI is InChI=1S/C12H18N2O3/c1-2-3-6-14(7-8-15)11-5-4-10(9-13-11)12(16)17/h4-5,9,15H,2-3,6-8H2,1H3,(H,16,17). The average molecular weight is 238 g/mol. The van der Waals surface area contributed by atoms with Crippen LogP contribution in [0.5, 0.6) is 0 Å². The third kappa shape index (κ3) is 4.03. The van der Waals surface area contributed by atoms with Crippen LogP contribution in [0.25, 0.3) is 0 Å². The maximum absolute atomic E-state index is 10.7. The van der Waals surface area contributed by atoms with E-state index in [0.29, 0.717) is 12.4 Å². The molecular weight excluding hydrogens is 220 g/mol. The molecular formula is C12H18N2O3. The second-order valence-corrected chi connectivity index (χ2v) is 3.77. The number of carbonyl (C=O) groups is 1. The molecule has 0 aliphatic carbocycles. The first kappa shape index (κ1) is 13.4. The van der Waals surface area contributed by atoms with Crippen LogP contribution < -0.4 is 4.90 Å². The van der Waals surface area contributed by atoms with E-state index in [1.165, 1.54) is 12.3 Å². The van der Waals surface area contributed by atoms with E-state index in [1.54, 1.807) is 6.07 Å². The Morgan fingerprint density at radius 3 is 2.65 bits per heavy atom. The third-order valence-electron chi connectivity index (χ3n) is 2.47. The van der Waals surface area contributed by atoms with Gasteiger partial charge in [0.05, 0.1) is 12.2 Å². The van der Waals surface area contributed by atoms with E-state index in [9.17, 15) is 4.79 Å². The van der Waals surface area contributed by atoms with E-state index in [0.717, 1.165) is 19.4 Å². The number of aliphatic hydroxyl groups is 1. The molecule has 0 spiro atoms. The van der Waals surface area contributed by atoms with E-state index >= 15 is 0 Å². The number of pyridine rings is 1. The summed E-state index contributed by atoms with van der Waals surface area (Å²) in [5, 5.41) is 17.7. The fraction of sp³-hybridized carbons (Fsp3) is 0.500. The van der Waals surface area contributed by atoms with Crippen LogP contribution in [0.2, 0.25) is 0 Å². The molecule has 5 nitrogen and oxygen atoms in total. The fourth-order valence-electron chi connectivity index (χ4n) is 1.51. The molecule has 0 aromatic carbocycles. The van der Waals surface area contributed by atoms with Gasteiger partial charge in [0.15, 0.2) is 0 Å². The smallest absolute Gasteiger partial charge is 0.337 e. The van der Waals surface area contributed by atoms with Gasteiger partial charge in [0.25, 0.3) is 0 Å². The van der Waals surface area contributed by atoms with Crippen LogP contribution in [0.15, 0.2) is 18.3 Å². The van der Waals surface area contributed by atoms with Crippen molar-refractivity contribution < 1.29 is 15.0 Å². The summed E-state index contributed by atoms with van der Waals surface area (Å²) < 4.78 is 0. The van der Waals surface area contributed by atoms with Gasteiger partial charge < -0.3 is 15.1 Å². The summed E-state index contributed by atoms with van der Waals surface area (Å²) in [6.07, 6.45) is 3.42. The largest absolute Gasteiger partial charge is 0.478 e. The number of unbranched alkanes of at least 4 members (excludes halogenated alkanes) is 1. The molecule has 0 bridgehead atoms. The van der Waals surface area contributed by atoms with Crippen molar-refractivity contribution in [3.05, 3.63) is 23.9 Å². The number of aromatic nitrogens is 1. The van der Waals surface area contributed by atoms with Gasteiger partial charge in [-0.2, -0.15) is 0 Å². The Labute approximate surface area is 101 Å². The van der Waals surface area contributed by atoms with E-state index in [-0.39, 0.29) is 12.2 Å². The van der Waals surface area contributed by atoms with Crippen molar-refractivity contribution in [3.8, 4) is 0 Å². The normalized spacial score (nSPS) is 10.2. The quantitative estimate of drug-likeness (QED) is 0.750. The van der Waals surface area contributed by atoms with E-state index in [2.05, 4.69) is 11.9 Å². The monoisotopic (exact) mass is 238 g/mol. The minimum absolute atomic E-state index is 0.0616. The van der Waals surface area contributed by atoms with Gasteiger partial charge in [-0.1, -0.05) is 13.3 Å². The number of nitrogens with zero attached hydrogens (tertiary/aromatic N) is 2. The van der Waals surface area contributed by atoms with Gasteiger partial charge in [-0.3, -0.25) is 0 Å². The Morgan fingerprint density at radius 1 is 1.41 bits per heavy atom. The zero-order valence-electron chi connectivity index (χ0n) is 9.96. The molecule has 2 N–H and O–H groups in total. The molecule has 0 unspecified atom stereocenters. The van der Waals surface area contributed by atoms with Crippen molar-refractivity contribution in [2.45, 2.75) is 19.8 Å². The molecule has 1 aromatic rings. The first-order chi connectivity index (χ1) is 8.19. The summed E-state index contributed by atoms with van der Waals surface area (Å²) in [5.41, 5.74) is 0.174. The first-order valence-corrected chi connectivity index (χ1v) is 5.74. The van der Waals surface area contributed by atoms with Crippen LogP contribution >= 0.6 is 0 Å². The van der Waals surface area contributed by atoms with Crippen molar-refractivity contribution in [2.24, 2.45) is 0 Å². The van der Waals surface area contributed by atoms with Gasteiger partial charge in [0.2, 0.25) is 0 Å². The van der Waals surface area contributed by atoms with Gasteiger partial charge in [0.1, 0.15) is 5.82 Å². The molecule has 0 aliphatic heterocycles. The van der Waals surface area contributed by atoms with Crippen LogP contribution in [0.1, 0.15) is 30.1 Å². The lowest BCUT2D eigenvalue weighted by atomic mass is 10.2. The second kappa shape index (κ2) is 6.85. The summed E-state index contributed by atoms with van der Waals surface area (Å²) in [5.74, 6) is -0.274. The zero-order valence-corrected chi connectivity index (χ0v) is 9.96. The average Bonchev–Trinajstić information content (AvgIpc) is 2.34. The predicted molar refractivity (Wildman–Crippen MR) is 65.4 cm³/mol. The van der Waals surface area contributed by atoms with Crippen LogP contribution in [0.4, 0.5) is 5.82 Å². The molecule has 0 amide bonds. The Kier molecular flexibility index (Phi) is 5.42. The van der Waals surface area contributed by atoms with Crippen LogP contribution in [0, 0.1) is 0 Å². The fourth-order valence-corrected chi connectivity index (χ4v) is 1.51. The third-order valence-corrected chi connectivity index (χ3v) is 2.47. The van der Waals surface area contributed by atoms with Crippen LogP contribution in [0.3, 0.4) is 0 Å². The minimum atomic E-state index is -0.980. The van der Waals surface area contributed by atoms with Crippen molar-refractivity contribution in [1.82, 2.24) is 4.98 Å². The minimum Gasteiger partial charge on any atom is -0.478 e. The van der Waals surface area contributed by atoms with Crippen molar-refractivity contribution in [2.75, 3.05) is 24.6 Å². The molecule has 0 atom stereocenters. The summed E-state index contributed by atoms with van der Waals surface area (Å²) >= 11 is 0. The van der Waals surface area contributed by atoms with Gasteiger partial charge in [0, 0.05) is 19.3 Å². The molecule has 0 saturated carbocycles. The number of hydrogen-bond donors (Lipinski definition) is 2. The lowest BCUT2D eigenvalue weighted by Gasteiger charge is -2.22. The Bertz CT molecular complexity index is 351. The van der Waals surface area contributed by atoms with E-state index < -0.39 is 5.97 Å². The highest BCUT2D eigenvalue weighted by molar-refractivity contribution is 5.87. The topological polar surface area (TPSA) is 73.7 Å². The highest BCUT2D eigenvalue weighted by atomic mass is 16.4. The van der Waals surface area contributed by atoms with Crippen molar-refractivity contribution in [1.29, 1.82) is 0 Å². The highest BCUT2D eigenvalue weighted by Crippen LogP contribution is 2.12. The number of anilines is 1. The van der Waals surface area contributed by atoms with Gasteiger partial charge in [-0.25, -0.2) is 9.78 Å². The summed E-state index contributed by atoms with van der Waals surface area (Å²) in [6, 6.07) is 3.20. The number of hydrogen-bond acceptors (Lipinski definition) is 4. The Morgan fingerprint density at radius 2 is 2.18 bits per heavy atom. The van der Waals surface area contributed by atoms with Crippen LogP contribution in [-0.4, -0.2) is 40.9 Å². The molecule has 94 valence electrons.